The van der Waals surface area contributed by atoms with Gasteiger partial charge in [-0.2, -0.15) is 0 Å². The van der Waals surface area contributed by atoms with E-state index in [1.54, 1.807) is 6.20 Å². The molecule has 0 bridgehead atoms. The third-order valence-electron chi connectivity index (χ3n) is 4.67. The third-order valence-corrected chi connectivity index (χ3v) is 4.67. The molecule has 1 atom stereocenters. The van der Waals surface area contributed by atoms with E-state index in [0.29, 0.717) is 18.9 Å². The SMILES string of the molecule is Cl.Cl.O=C(CCC1CCNC1)NCc1nccn1CCc1ccccc1. The Morgan fingerprint density at radius 2 is 2.08 bits per heavy atom. The lowest BCUT2D eigenvalue weighted by Gasteiger charge is -2.10. The smallest absolute Gasteiger partial charge is 0.220 e. The second-order valence-electron chi connectivity index (χ2n) is 6.45. The number of amides is 1. The normalized spacial score (nSPS) is 15.8. The van der Waals surface area contributed by atoms with Gasteiger partial charge in [-0.1, -0.05) is 30.3 Å². The fourth-order valence-electron chi connectivity index (χ4n) is 3.17. The summed E-state index contributed by atoms with van der Waals surface area (Å²) in [7, 11) is 0. The molecule has 1 amide bonds. The maximum Gasteiger partial charge on any atom is 0.220 e. The van der Waals surface area contributed by atoms with Crippen LogP contribution in [0.4, 0.5) is 0 Å². The topological polar surface area (TPSA) is 59.0 Å². The van der Waals surface area contributed by atoms with Gasteiger partial charge in [-0.05, 0) is 43.8 Å². The van der Waals surface area contributed by atoms with Gasteiger partial charge >= 0.3 is 0 Å². The highest BCUT2D eigenvalue weighted by atomic mass is 35.5. The van der Waals surface area contributed by atoms with Crippen molar-refractivity contribution in [2.45, 2.75) is 38.8 Å². The zero-order chi connectivity index (χ0) is 16.6. The number of halogens is 2. The number of aromatic nitrogens is 2. The number of rotatable bonds is 8. The fraction of sp³-hybridized carbons (Fsp3) is 0.474. The number of nitrogens with zero attached hydrogens (tertiary/aromatic N) is 2. The van der Waals surface area contributed by atoms with Crippen LogP contribution in [0.15, 0.2) is 42.7 Å². The van der Waals surface area contributed by atoms with E-state index in [9.17, 15) is 4.79 Å². The summed E-state index contributed by atoms with van der Waals surface area (Å²) >= 11 is 0. The minimum Gasteiger partial charge on any atom is -0.349 e. The van der Waals surface area contributed by atoms with Crippen molar-refractivity contribution in [3.63, 3.8) is 0 Å². The molecule has 0 saturated carbocycles. The molecule has 1 aromatic carbocycles. The van der Waals surface area contributed by atoms with Gasteiger partial charge in [0.15, 0.2) is 0 Å². The van der Waals surface area contributed by atoms with Gasteiger partial charge in [0.05, 0.1) is 6.54 Å². The number of carbonyl (C=O) groups is 1. The minimum atomic E-state index is 0. The largest absolute Gasteiger partial charge is 0.349 e. The van der Waals surface area contributed by atoms with E-state index in [-0.39, 0.29) is 30.7 Å². The molecule has 144 valence electrons. The average molecular weight is 399 g/mol. The Kier molecular flexibility index (Phi) is 10.3. The molecule has 1 unspecified atom stereocenters. The molecule has 0 spiro atoms. The standard InChI is InChI=1S/C19H26N4O.2ClH/c24-19(7-6-17-8-10-20-14-17)22-15-18-21-11-13-23(18)12-9-16-4-2-1-3-5-16;;/h1-5,11,13,17,20H,6-10,12,14-15H2,(H,22,24);2*1H. The lowest BCUT2D eigenvalue weighted by molar-refractivity contribution is -0.121. The predicted octanol–water partition coefficient (Wildman–Crippen LogP) is 2.98. The second kappa shape index (κ2) is 11.9. The van der Waals surface area contributed by atoms with Crippen molar-refractivity contribution in [1.82, 2.24) is 20.2 Å². The second-order valence-corrected chi connectivity index (χ2v) is 6.45. The Balaban J connectivity index is 0.00000169. The van der Waals surface area contributed by atoms with Gasteiger partial charge < -0.3 is 15.2 Å². The first kappa shape index (κ1) is 22.5. The number of hydrogen-bond donors (Lipinski definition) is 2. The van der Waals surface area contributed by atoms with Gasteiger partial charge in [0, 0.05) is 25.4 Å². The number of benzene rings is 1. The van der Waals surface area contributed by atoms with Crippen LogP contribution in [0.5, 0.6) is 0 Å². The van der Waals surface area contributed by atoms with E-state index in [0.717, 1.165) is 38.3 Å². The zero-order valence-corrected chi connectivity index (χ0v) is 16.5. The van der Waals surface area contributed by atoms with Crippen LogP contribution < -0.4 is 10.6 Å². The van der Waals surface area contributed by atoms with Crippen LogP contribution in [0.1, 0.15) is 30.7 Å². The van der Waals surface area contributed by atoms with Crippen LogP contribution in [0.2, 0.25) is 0 Å². The molecule has 7 heteroatoms. The Morgan fingerprint density at radius 3 is 2.81 bits per heavy atom. The summed E-state index contributed by atoms with van der Waals surface area (Å²) in [6.45, 7) is 3.52. The highest BCUT2D eigenvalue weighted by Gasteiger charge is 2.15. The van der Waals surface area contributed by atoms with E-state index >= 15 is 0 Å². The van der Waals surface area contributed by atoms with Gasteiger partial charge in [-0.3, -0.25) is 4.79 Å². The summed E-state index contributed by atoms with van der Waals surface area (Å²) in [5, 5.41) is 6.35. The van der Waals surface area contributed by atoms with Gasteiger partial charge in [-0.15, -0.1) is 24.8 Å². The third kappa shape index (κ3) is 6.98. The molecule has 2 N–H and O–H groups in total. The molecule has 2 heterocycles. The van der Waals surface area contributed by atoms with Crippen molar-refractivity contribution in [1.29, 1.82) is 0 Å². The Morgan fingerprint density at radius 1 is 1.27 bits per heavy atom. The van der Waals surface area contributed by atoms with E-state index in [2.05, 4.69) is 44.5 Å². The summed E-state index contributed by atoms with van der Waals surface area (Å²) in [5.74, 6) is 1.70. The number of nitrogens with one attached hydrogen (secondary N) is 2. The van der Waals surface area contributed by atoms with Crippen molar-refractivity contribution < 1.29 is 4.79 Å². The van der Waals surface area contributed by atoms with E-state index < -0.39 is 0 Å². The lowest BCUT2D eigenvalue weighted by Crippen LogP contribution is -2.25. The summed E-state index contributed by atoms with van der Waals surface area (Å²) < 4.78 is 2.12. The highest BCUT2D eigenvalue weighted by molar-refractivity contribution is 5.85. The van der Waals surface area contributed by atoms with Crippen LogP contribution in [0, 0.1) is 5.92 Å². The molecule has 1 saturated heterocycles. The molecule has 3 rings (SSSR count). The van der Waals surface area contributed by atoms with Gasteiger partial charge in [-0.25, -0.2) is 4.98 Å². The first-order chi connectivity index (χ1) is 11.8. The van der Waals surface area contributed by atoms with Crippen LogP contribution in [0.25, 0.3) is 0 Å². The quantitative estimate of drug-likeness (QED) is 0.718. The van der Waals surface area contributed by atoms with Crippen molar-refractivity contribution >= 4 is 30.7 Å². The molecule has 0 aliphatic carbocycles. The molecule has 1 aromatic heterocycles. The Labute approximate surface area is 167 Å². The molecular weight excluding hydrogens is 371 g/mol. The van der Waals surface area contributed by atoms with E-state index in [4.69, 9.17) is 0 Å². The van der Waals surface area contributed by atoms with Gasteiger partial charge in [0.1, 0.15) is 5.82 Å². The van der Waals surface area contributed by atoms with Gasteiger partial charge in [0.25, 0.3) is 0 Å². The van der Waals surface area contributed by atoms with Crippen molar-refractivity contribution in [2.24, 2.45) is 5.92 Å². The summed E-state index contributed by atoms with van der Waals surface area (Å²) in [5.41, 5.74) is 1.31. The van der Waals surface area contributed by atoms with E-state index in [1.165, 1.54) is 12.0 Å². The molecule has 26 heavy (non-hydrogen) atoms. The molecular formula is C19H28Cl2N4O. The van der Waals surface area contributed by atoms with Crippen molar-refractivity contribution in [3.8, 4) is 0 Å². The van der Waals surface area contributed by atoms with Crippen molar-refractivity contribution in [2.75, 3.05) is 13.1 Å². The maximum absolute atomic E-state index is 12.0. The van der Waals surface area contributed by atoms with Crippen LogP contribution >= 0.6 is 24.8 Å². The molecule has 1 aliphatic rings. The van der Waals surface area contributed by atoms with Crippen LogP contribution in [-0.4, -0.2) is 28.5 Å². The summed E-state index contributed by atoms with van der Waals surface area (Å²) in [4.78, 5) is 16.4. The molecule has 2 aromatic rings. The highest BCUT2D eigenvalue weighted by Crippen LogP contribution is 2.14. The summed E-state index contributed by atoms with van der Waals surface area (Å²) in [6, 6.07) is 10.4. The fourth-order valence-corrected chi connectivity index (χ4v) is 3.17. The zero-order valence-electron chi connectivity index (χ0n) is 14.9. The average Bonchev–Trinajstić information content (AvgIpc) is 3.29. The maximum atomic E-state index is 12.0. The van der Waals surface area contributed by atoms with Crippen molar-refractivity contribution in [3.05, 3.63) is 54.1 Å². The minimum absolute atomic E-state index is 0. The lowest BCUT2D eigenvalue weighted by atomic mass is 10.0. The molecule has 0 radical (unpaired) electrons. The predicted molar refractivity (Wildman–Crippen MR) is 109 cm³/mol. The Hall–Kier alpha value is -1.56. The number of carbonyl (C=O) groups excluding carboxylic acids is 1. The number of imidazole rings is 1. The summed E-state index contributed by atoms with van der Waals surface area (Å²) in [6.07, 6.45) is 7.52. The molecule has 5 nitrogen and oxygen atoms in total. The van der Waals surface area contributed by atoms with E-state index in [1.807, 2.05) is 12.3 Å². The number of hydrogen-bond acceptors (Lipinski definition) is 3. The molecule has 1 fully saturated rings. The first-order valence-corrected chi connectivity index (χ1v) is 8.82. The molecule has 1 aliphatic heterocycles. The number of aryl methyl sites for hydroxylation is 2. The first-order valence-electron chi connectivity index (χ1n) is 8.82. The van der Waals surface area contributed by atoms with Crippen LogP contribution in [0.3, 0.4) is 0 Å². The monoisotopic (exact) mass is 398 g/mol. The Bertz CT molecular complexity index is 642. The van der Waals surface area contributed by atoms with Crippen LogP contribution in [-0.2, 0) is 24.3 Å². The van der Waals surface area contributed by atoms with Gasteiger partial charge in [0.2, 0.25) is 5.91 Å².